The van der Waals surface area contributed by atoms with Gasteiger partial charge < -0.3 is 14.4 Å². The third-order valence-electron chi connectivity index (χ3n) is 7.40. The minimum Gasteiger partial charge on any atom is -0.497 e. The van der Waals surface area contributed by atoms with Crippen molar-refractivity contribution < 1.29 is 9.47 Å². The van der Waals surface area contributed by atoms with E-state index in [1.165, 1.54) is 17.5 Å². The summed E-state index contributed by atoms with van der Waals surface area (Å²) in [6.07, 6.45) is 4.67. The molecule has 2 aliphatic rings. The van der Waals surface area contributed by atoms with Crippen LogP contribution in [0.1, 0.15) is 49.2 Å². The molecular formula is C26H32ClN7O2S. The lowest BCUT2D eigenvalue weighted by Crippen LogP contribution is -2.48. The van der Waals surface area contributed by atoms with Crippen LogP contribution in [0.5, 0.6) is 11.5 Å². The number of rotatable bonds is 7. The number of hydrogen-bond acceptors (Lipinski definition) is 9. The van der Waals surface area contributed by atoms with Crippen molar-refractivity contribution in [3.05, 3.63) is 53.9 Å². The van der Waals surface area contributed by atoms with Crippen LogP contribution < -0.4 is 14.4 Å². The average molecular weight is 542 g/mol. The third-order valence-corrected chi connectivity index (χ3v) is 8.49. The van der Waals surface area contributed by atoms with Crippen LogP contribution in [0.15, 0.2) is 42.5 Å². The molecule has 1 atom stereocenters. The summed E-state index contributed by atoms with van der Waals surface area (Å²) in [6.45, 7) is 3.48. The molecule has 0 N–H and O–H groups in total. The fourth-order valence-electron chi connectivity index (χ4n) is 5.51. The van der Waals surface area contributed by atoms with Crippen LogP contribution in [0.2, 0.25) is 0 Å². The molecule has 196 valence electrons. The van der Waals surface area contributed by atoms with Gasteiger partial charge >= 0.3 is 0 Å². The smallest absolute Gasteiger partial charge is 0.186 e. The molecular weight excluding hydrogens is 510 g/mol. The van der Waals surface area contributed by atoms with Crippen LogP contribution in [0.3, 0.4) is 0 Å². The van der Waals surface area contributed by atoms with E-state index in [2.05, 4.69) is 54.3 Å². The topological polar surface area (TPSA) is 81.4 Å². The maximum absolute atomic E-state index is 5.83. The summed E-state index contributed by atoms with van der Waals surface area (Å²) in [4.78, 5) is 9.74. The Labute approximate surface area is 226 Å². The van der Waals surface area contributed by atoms with Crippen LogP contribution in [0, 0.1) is 0 Å². The van der Waals surface area contributed by atoms with Gasteiger partial charge in [0.15, 0.2) is 11.0 Å². The van der Waals surface area contributed by atoms with E-state index >= 15 is 0 Å². The molecule has 4 aromatic rings. The molecule has 0 radical (unpaired) electrons. The van der Waals surface area contributed by atoms with Gasteiger partial charge in [-0.2, -0.15) is 0 Å². The first kappa shape index (κ1) is 25.7. The van der Waals surface area contributed by atoms with E-state index in [0.717, 1.165) is 72.6 Å². The number of fused-ring (bicyclic) bond motifs is 1. The van der Waals surface area contributed by atoms with Crippen molar-refractivity contribution in [1.82, 2.24) is 30.1 Å². The van der Waals surface area contributed by atoms with E-state index in [0.29, 0.717) is 6.04 Å². The summed E-state index contributed by atoms with van der Waals surface area (Å²) in [5, 5.41) is 14.3. The highest BCUT2D eigenvalue weighted by atomic mass is 35.5. The Morgan fingerprint density at radius 2 is 1.76 bits per heavy atom. The average Bonchev–Trinajstić information content (AvgIpc) is 3.70. The molecule has 0 spiro atoms. The first-order valence-corrected chi connectivity index (χ1v) is 13.4. The maximum atomic E-state index is 5.83. The monoisotopic (exact) mass is 541 g/mol. The van der Waals surface area contributed by atoms with E-state index < -0.39 is 0 Å². The fraction of sp³-hybridized carbons (Fsp3) is 0.462. The zero-order chi connectivity index (χ0) is 24.5. The van der Waals surface area contributed by atoms with Gasteiger partial charge in [0.25, 0.3) is 0 Å². The molecule has 1 saturated heterocycles. The zero-order valence-corrected chi connectivity index (χ0v) is 22.7. The van der Waals surface area contributed by atoms with Crippen molar-refractivity contribution in [3.63, 3.8) is 0 Å². The molecule has 2 fully saturated rings. The molecule has 1 unspecified atom stereocenters. The van der Waals surface area contributed by atoms with Crippen molar-refractivity contribution in [2.24, 2.45) is 0 Å². The standard InChI is InChI=1S/C26H31N7O2S.ClH/c1-34-19-11-12-22(35-2)20(17-19)24(25-28-29-30-33(25)18-7-3-4-8-18)31-13-15-32(16-14-31)26-27-21-9-5-6-10-23(21)36-26;/h5-6,9-12,17-18,24H,3-4,7-8,13-16H2,1-2H3;1H. The van der Waals surface area contributed by atoms with Crippen LogP contribution >= 0.6 is 23.7 Å². The highest BCUT2D eigenvalue weighted by molar-refractivity contribution is 7.22. The van der Waals surface area contributed by atoms with Gasteiger partial charge in [-0.25, -0.2) is 9.67 Å². The summed E-state index contributed by atoms with van der Waals surface area (Å²) >= 11 is 1.76. The molecule has 0 bridgehead atoms. The van der Waals surface area contributed by atoms with E-state index in [-0.39, 0.29) is 18.4 Å². The SMILES string of the molecule is COc1ccc(OC)c(C(c2nnnn2C2CCCC2)N2CCN(c3nc4ccccc4s3)CC2)c1.Cl. The van der Waals surface area contributed by atoms with Gasteiger partial charge in [-0.1, -0.05) is 36.3 Å². The van der Waals surface area contributed by atoms with Crippen LogP contribution in [-0.4, -0.2) is 70.5 Å². The summed E-state index contributed by atoms with van der Waals surface area (Å²) in [5.41, 5.74) is 2.09. The number of methoxy groups -OCH3 is 2. The Kier molecular flexibility index (Phi) is 7.78. The number of aromatic nitrogens is 5. The number of para-hydroxylation sites is 1. The molecule has 11 heteroatoms. The molecule has 0 amide bonds. The number of benzene rings is 2. The van der Waals surface area contributed by atoms with Crippen molar-refractivity contribution in [3.8, 4) is 11.5 Å². The number of nitrogens with zero attached hydrogens (tertiary/aromatic N) is 7. The van der Waals surface area contributed by atoms with Gasteiger partial charge in [0.1, 0.15) is 17.5 Å². The number of tetrazole rings is 1. The highest BCUT2D eigenvalue weighted by Gasteiger charge is 2.35. The molecule has 1 aliphatic carbocycles. The largest absolute Gasteiger partial charge is 0.497 e. The van der Waals surface area contributed by atoms with Crippen LogP contribution in [0.25, 0.3) is 10.2 Å². The Morgan fingerprint density at radius 3 is 2.49 bits per heavy atom. The van der Waals surface area contributed by atoms with E-state index in [4.69, 9.17) is 14.5 Å². The number of hydrogen-bond donors (Lipinski definition) is 0. The van der Waals surface area contributed by atoms with Crippen molar-refractivity contribution in [2.45, 2.75) is 37.8 Å². The fourth-order valence-corrected chi connectivity index (χ4v) is 6.53. The lowest BCUT2D eigenvalue weighted by molar-refractivity contribution is 0.194. The van der Waals surface area contributed by atoms with E-state index in [1.807, 2.05) is 18.2 Å². The first-order valence-electron chi connectivity index (χ1n) is 12.6. The highest BCUT2D eigenvalue weighted by Crippen LogP contribution is 2.39. The van der Waals surface area contributed by atoms with Gasteiger partial charge in [0.2, 0.25) is 0 Å². The second-order valence-corrected chi connectivity index (χ2v) is 10.4. The second-order valence-electron chi connectivity index (χ2n) is 9.42. The van der Waals surface area contributed by atoms with Gasteiger partial charge in [0.05, 0.1) is 30.5 Å². The molecule has 1 aliphatic heterocycles. The van der Waals surface area contributed by atoms with Crippen molar-refractivity contribution in [1.29, 1.82) is 0 Å². The number of thiazole rings is 1. The summed E-state index contributed by atoms with van der Waals surface area (Å²) in [7, 11) is 3.41. The molecule has 2 aromatic heterocycles. The number of halogens is 1. The zero-order valence-electron chi connectivity index (χ0n) is 21.1. The third kappa shape index (κ3) is 4.97. The lowest BCUT2D eigenvalue weighted by Gasteiger charge is -2.39. The summed E-state index contributed by atoms with van der Waals surface area (Å²) in [5.74, 6) is 2.49. The van der Waals surface area contributed by atoms with Crippen LogP contribution in [0.4, 0.5) is 5.13 Å². The number of piperazine rings is 1. The maximum Gasteiger partial charge on any atom is 0.186 e. The van der Waals surface area contributed by atoms with Gasteiger partial charge in [0, 0.05) is 31.7 Å². The first-order chi connectivity index (χ1) is 17.7. The minimum atomic E-state index is -0.136. The van der Waals surface area contributed by atoms with Crippen molar-refractivity contribution >= 4 is 39.1 Å². The van der Waals surface area contributed by atoms with E-state index in [1.54, 1.807) is 25.6 Å². The Hall–Kier alpha value is -2.95. The minimum absolute atomic E-state index is 0. The van der Waals surface area contributed by atoms with E-state index in [9.17, 15) is 0 Å². The molecule has 3 heterocycles. The Bertz CT molecular complexity index is 1300. The van der Waals surface area contributed by atoms with Gasteiger partial charge in [-0.05, 0) is 53.6 Å². The number of anilines is 1. The Balaban J connectivity index is 0.00000280. The molecule has 9 nitrogen and oxygen atoms in total. The molecule has 37 heavy (non-hydrogen) atoms. The second kappa shape index (κ2) is 11.2. The Morgan fingerprint density at radius 1 is 0.973 bits per heavy atom. The summed E-state index contributed by atoms with van der Waals surface area (Å²) < 4.78 is 14.7. The molecule has 1 saturated carbocycles. The molecule has 2 aromatic carbocycles. The predicted molar refractivity (Wildman–Crippen MR) is 147 cm³/mol. The normalized spacial score (nSPS) is 17.6. The lowest BCUT2D eigenvalue weighted by atomic mass is 10.0. The predicted octanol–water partition coefficient (Wildman–Crippen LogP) is 4.75. The van der Waals surface area contributed by atoms with Gasteiger partial charge in [-0.3, -0.25) is 4.90 Å². The van der Waals surface area contributed by atoms with Crippen molar-refractivity contribution in [2.75, 3.05) is 45.3 Å². The van der Waals surface area contributed by atoms with Crippen LogP contribution in [-0.2, 0) is 0 Å². The quantitative estimate of drug-likeness (QED) is 0.331. The molecule has 6 rings (SSSR count). The van der Waals surface area contributed by atoms with Gasteiger partial charge in [-0.15, -0.1) is 17.5 Å². The number of ether oxygens (including phenoxy) is 2. The summed E-state index contributed by atoms with van der Waals surface area (Å²) in [6, 6.07) is 14.5.